The van der Waals surface area contributed by atoms with E-state index >= 15 is 0 Å². The van der Waals surface area contributed by atoms with Crippen molar-refractivity contribution in [3.8, 4) is 23.0 Å². The van der Waals surface area contributed by atoms with Crippen LogP contribution in [0.1, 0.15) is 32.3 Å². The molecule has 1 atom stereocenters. The normalized spacial score (nSPS) is 11.7. The van der Waals surface area contributed by atoms with Crippen molar-refractivity contribution in [3.63, 3.8) is 0 Å². The maximum atomic E-state index is 14.4. The highest BCUT2D eigenvalue weighted by Gasteiger charge is 2.34. The molecule has 3 rings (SSSR count). The molecule has 0 unspecified atom stereocenters. The number of methoxy groups -OCH3 is 4. The van der Waals surface area contributed by atoms with Crippen LogP contribution in [-0.2, 0) is 26.2 Å². The molecule has 11 nitrogen and oxygen atoms in total. The van der Waals surface area contributed by atoms with E-state index in [1.807, 2.05) is 31.2 Å². The molecule has 0 aliphatic carbocycles. The summed E-state index contributed by atoms with van der Waals surface area (Å²) in [7, 11) is 1.25. The van der Waals surface area contributed by atoms with Crippen LogP contribution in [0.3, 0.4) is 0 Å². The number of anilines is 1. The van der Waals surface area contributed by atoms with E-state index in [2.05, 4.69) is 21.2 Å². The Hall–Kier alpha value is -3.97. The Kier molecular flexibility index (Phi) is 12.9. The largest absolute Gasteiger partial charge is 0.497 e. The van der Waals surface area contributed by atoms with Crippen molar-refractivity contribution in [1.82, 2.24) is 10.2 Å². The van der Waals surface area contributed by atoms with Crippen LogP contribution in [0.15, 0.2) is 70.0 Å². The number of rotatable bonds is 16. The fourth-order valence-corrected chi connectivity index (χ4v) is 6.21. The Balaban J connectivity index is 2.14. The number of nitrogens with one attached hydrogen (secondary N) is 1. The van der Waals surface area contributed by atoms with Gasteiger partial charge in [0.2, 0.25) is 11.8 Å². The Morgan fingerprint density at radius 1 is 0.867 bits per heavy atom. The lowest BCUT2D eigenvalue weighted by Gasteiger charge is -2.32. The number of carbonyl (C=O) groups excluding carboxylic acids is 2. The molecule has 3 aromatic carbocycles. The first kappa shape index (κ1) is 35.5. The lowest BCUT2D eigenvalue weighted by Crippen LogP contribution is -2.51. The SMILES string of the molecule is CCCCNC(=O)[C@@H](C)N(Cc1ccc(Br)cc1)C(=O)CN(c1cc(OC)ccc1OC)S(=O)(=O)c1ccc(OC)c(OC)c1. The van der Waals surface area contributed by atoms with Gasteiger partial charge in [-0.15, -0.1) is 0 Å². The monoisotopic (exact) mass is 705 g/mol. The lowest BCUT2D eigenvalue weighted by molar-refractivity contribution is -0.139. The molecule has 0 spiro atoms. The fourth-order valence-electron chi connectivity index (χ4n) is 4.51. The van der Waals surface area contributed by atoms with Gasteiger partial charge in [-0.2, -0.15) is 0 Å². The maximum absolute atomic E-state index is 14.4. The molecular formula is C32H40BrN3O8S. The molecule has 3 aromatic rings. The average molecular weight is 707 g/mol. The highest BCUT2D eigenvalue weighted by Crippen LogP contribution is 2.37. The van der Waals surface area contributed by atoms with Gasteiger partial charge < -0.3 is 29.2 Å². The third-order valence-electron chi connectivity index (χ3n) is 7.14. The summed E-state index contributed by atoms with van der Waals surface area (Å²) in [6, 6.07) is 15.2. The van der Waals surface area contributed by atoms with Crippen LogP contribution in [0.2, 0.25) is 0 Å². The molecule has 1 N–H and O–H groups in total. The van der Waals surface area contributed by atoms with Gasteiger partial charge in [-0.1, -0.05) is 41.4 Å². The van der Waals surface area contributed by atoms with Crippen molar-refractivity contribution >= 4 is 43.5 Å². The van der Waals surface area contributed by atoms with Crippen LogP contribution < -0.4 is 28.6 Å². The third-order valence-corrected chi connectivity index (χ3v) is 9.42. The second-order valence-electron chi connectivity index (χ2n) is 10.0. The van der Waals surface area contributed by atoms with Gasteiger partial charge >= 0.3 is 0 Å². The van der Waals surface area contributed by atoms with Crippen LogP contribution in [0.25, 0.3) is 0 Å². The highest BCUT2D eigenvalue weighted by molar-refractivity contribution is 9.10. The zero-order chi connectivity index (χ0) is 33.1. The minimum absolute atomic E-state index is 0.0635. The van der Waals surface area contributed by atoms with Gasteiger partial charge in [0, 0.05) is 29.7 Å². The molecular weight excluding hydrogens is 666 g/mol. The van der Waals surface area contributed by atoms with Gasteiger partial charge in [-0.05, 0) is 55.3 Å². The number of amides is 2. The van der Waals surface area contributed by atoms with E-state index in [0.717, 1.165) is 27.2 Å². The number of carbonyl (C=O) groups is 2. The van der Waals surface area contributed by atoms with Crippen molar-refractivity contribution in [2.24, 2.45) is 0 Å². The Bertz CT molecular complexity index is 1570. The first-order chi connectivity index (χ1) is 21.5. The van der Waals surface area contributed by atoms with Crippen molar-refractivity contribution < 1.29 is 37.0 Å². The predicted molar refractivity (Wildman–Crippen MR) is 176 cm³/mol. The van der Waals surface area contributed by atoms with Crippen LogP contribution in [-0.4, -0.2) is 72.7 Å². The van der Waals surface area contributed by atoms with Crippen LogP contribution >= 0.6 is 15.9 Å². The minimum atomic E-state index is -4.43. The topological polar surface area (TPSA) is 124 Å². The van der Waals surface area contributed by atoms with E-state index in [1.165, 1.54) is 57.6 Å². The molecule has 0 saturated carbocycles. The summed E-state index contributed by atoms with van der Waals surface area (Å²) in [5.74, 6) is 0.115. The third kappa shape index (κ3) is 8.82. The van der Waals surface area contributed by atoms with Crippen molar-refractivity contribution in [3.05, 3.63) is 70.7 Å². The standard InChI is InChI=1S/C32H40BrN3O8S/c1-7-8-17-34-32(38)22(2)35(20-23-9-11-24(33)12-10-23)31(37)21-36(27-18-25(41-3)13-15-28(27)42-4)45(39,40)26-14-16-29(43-5)30(19-26)44-6/h9-16,18-19,22H,7-8,17,20-21H2,1-6H3,(H,34,38)/t22-/m1/s1. The summed E-state index contributed by atoms with van der Waals surface area (Å²) in [6.07, 6.45) is 1.67. The molecule has 2 amide bonds. The fraction of sp³-hybridized carbons (Fsp3) is 0.375. The molecule has 13 heteroatoms. The van der Waals surface area contributed by atoms with E-state index < -0.39 is 28.5 Å². The second kappa shape index (κ2) is 16.4. The van der Waals surface area contributed by atoms with Gasteiger partial charge in [0.25, 0.3) is 10.0 Å². The summed E-state index contributed by atoms with van der Waals surface area (Å²) < 4.78 is 52.1. The van der Waals surface area contributed by atoms with Gasteiger partial charge in [-0.3, -0.25) is 13.9 Å². The molecule has 0 radical (unpaired) electrons. The number of halogens is 1. The number of hydrogen-bond donors (Lipinski definition) is 1. The molecule has 0 fully saturated rings. The number of nitrogens with zero attached hydrogens (tertiary/aromatic N) is 2. The van der Waals surface area contributed by atoms with E-state index in [-0.39, 0.29) is 34.5 Å². The van der Waals surface area contributed by atoms with Crippen molar-refractivity contribution in [1.29, 1.82) is 0 Å². The summed E-state index contributed by atoms with van der Waals surface area (Å²) in [6.45, 7) is 3.51. The van der Waals surface area contributed by atoms with Crippen LogP contribution in [0.5, 0.6) is 23.0 Å². The Labute approximate surface area is 273 Å². The molecule has 0 saturated heterocycles. The zero-order valence-electron chi connectivity index (χ0n) is 26.3. The van der Waals surface area contributed by atoms with E-state index in [0.29, 0.717) is 18.0 Å². The quantitative estimate of drug-likeness (QED) is 0.206. The van der Waals surface area contributed by atoms with E-state index in [1.54, 1.807) is 19.1 Å². The number of hydrogen-bond acceptors (Lipinski definition) is 8. The summed E-state index contributed by atoms with van der Waals surface area (Å²) >= 11 is 3.42. The number of ether oxygens (including phenoxy) is 4. The Morgan fingerprint density at radius 3 is 2.11 bits per heavy atom. The van der Waals surface area contributed by atoms with Gasteiger partial charge in [0.15, 0.2) is 11.5 Å². The summed E-state index contributed by atoms with van der Waals surface area (Å²) in [5, 5.41) is 2.88. The summed E-state index contributed by atoms with van der Waals surface area (Å²) in [4.78, 5) is 28.7. The van der Waals surface area contributed by atoms with E-state index in [9.17, 15) is 18.0 Å². The van der Waals surface area contributed by atoms with Crippen molar-refractivity contribution in [2.75, 3.05) is 45.8 Å². The van der Waals surface area contributed by atoms with Gasteiger partial charge in [0.05, 0.1) is 39.0 Å². The molecule has 0 aliphatic heterocycles. The first-order valence-electron chi connectivity index (χ1n) is 14.3. The predicted octanol–water partition coefficient (Wildman–Crippen LogP) is 5.01. The number of sulfonamides is 1. The minimum Gasteiger partial charge on any atom is -0.497 e. The number of benzene rings is 3. The molecule has 244 valence electrons. The average Bonchev–Trinajstić information content (AvgIpc) is 3.05. The first-order valence-corrected chi connectivity index (χ1v) is 16.5. The smallest absolute Gasteiger partial charge is 0.265 e. The molecule has 0 aliphatic rings. The molecule has 0 bridgehead atoms. The molecule has 0 aromatic heterocycles. The highest BCUT2D eigenvalue weighted by atomic mass is 79.9. The molecule has 45 heavy (non-hydrogen) atoms. The van der Waals surface area contributed by atoms with Crippen molar-refractivity contribution in [2.45, 2.75) is 44.2 Å². The zero-order valence-corrected chi connectivity index (χ0v) is 28.7. The summed E-state index contributed by atoms with van der Waals surface area (Å²) in [5.41, 5.74) is 0.830. The second-order valence-corrected chi connectivity index (χ2v) is 12.8. The lowest BCUT2D eigenvalue weighted by atomic mass is 10.1. The number of unbranched alkanes of at least 4 members (excludes halogenated alkanes) is 1. The van der Waals surface area contributed by atoms with Gasteiger partial charge in [0.1, 0.15) is 24.1 Å². The van der Waals surface area contributed by atoms with Crippen LogP contribution in [0.4, 0.5) is 5.69 Å². The van der Waals surface area contributed by atoms with E-state index in [4.69, 9.17) is 18.9 Å². The maximum Gasteiger partial charge on any atom is 0.265 e. The van der Waals surface area contributed by atoms with Crippen LogP contribution in [0, 0.1) is 0 Å². The Morgan fingerprint density at radius 2 is 1.51 bits per heavy atom. The molecule has 0 heterocycles. The van der Waals surface area contributed by atoms with Gasteiger partial charge in [-0.25, -0.2) is 8.42 Å².